The summed E-state index contributed by atoms with van der Waals surface area (Å²) in [6, 6.07) is 3.86. The lowest BCUT2D eigenvalue weighted by Crippen LogP contribution is -2.43. The van der Waals surface area contributed by atoms with Crippen molar-refractivity contribution in [3.63, 3.8) is 0 Å². The lowest BCUT2D eigenvalue weighted by atomic mass is 9.95. The Morgan fingerprint density at radius 1 is 1.40 bits per heavy atom. The minimum absolute atomic E-state index is 0.0862. The Morgan fingerprint density at radius 3 is 2.75 bits per heavy atom. The van der Waals surface area contributed by atoms with Crippen LogP contribution in [0.1, 0.15) is 44.7 Å². The van der Waals surface area contributed by atoms with Gasteiger partial charge in [0.05, 0.1) is 0 Å². The van der Waals surface area contributed by atoms with Gasteiger partial charge < -0.3 is 15.8 Å². The van der Waals surface area contributed by atoms with E-state index in [1.165, 1.54) is 19.3 Å². The van der Waals surface area contributed by atoms with Crippen LogP contribution in [0.5, 0.6) is 5.75 Å². The van der Waals surface area contributed by atoms with E-state index in [0.29, 0.717) is 11.6 Å². The third-order valence-electron chi connectivity index (χ3n) is 3.65. The van der Waals surface area contributed by atoms with Gasteiger partial charge in [0.1, 0.15) is 0 Å². The minimum Gasteiger partial charge on any atom is -0.477 e. The molecule has 0 spiro atoms. The zero-order valence-electron chi connectivity index (χ0n) is 12.2. The van der Waals surface area contributed by atoms with Crippen molar-refractivity contribution in [2.24, 2.45) is 0 Å². The SMILES string of the molecule is Cc1ccc(OC(C)C(=O)NC2CCCCC2)c(N)n1. The first-order chi connectivity index (χ1) is 9.56. The maximum atomic E-state index is 12.1. The number of carbonyl (C=O) groups excluding carboxylic acids is 1. The number of hydrogen-bond donors (Lipinski definition) is 2. The fourth-order valence-corrected chi connectivity index (χ4v) is 2.47. The second kappa shape index (κ2) is 6.59. The summed E-state index contributed by atoms with van der Waals surface area (Å²) in [6.07, 6.45) is 5.21. The number of anilines is 1. The second-order valence-corrected chi connectivity index (χ2v) is 5.44. The maximum Gasteiger partial charge on any atom is 0.260 e. The van der Waals surface area contributed by atoms with Gasteiger partial charge in [0.25, 0.3) is 5.91 Å². The summed E-state index contributed by atoms with van der Waals surface area (Å²) in [5, 5.41) is 3.04. The van der Waals surface area contributed by atoms with Crippen LogP contribution in [0.15, 0.2) is 12.1 Å². The molecule has 0 aromatic carbocycles. The molecule has 1 aliphatic rings. The zero-order chi connectivity index (χ0) is 14.5. The Hall–Kier alpha value is -1.78. The van der Waals surface area contributed by atoms with Gasteiger partial charge in [-0.1, -0.05) is 19.3 Å². The van der Waals surface area contributed by atoms with Gasteiger partial charge in [-0.15, -0.1) is 0 Å². The van der Waals surface area contributed by atoms with Crippen molar-refractivity contribution < 1.29 is 9.53 Å². The third-order valence-corrected chi connectivity index (χ3v) is 3.65. The maximum absolute atomic E-state index is 12.1. The Bertz CT molecular complexity index is 470. The van der Waals surface area contributed by atoms with Crippen LogP contribution in [-0.2, 0) is 4.79 Å². The lowest BCUT2D eigenvalue weighted by Gasteiger charge is -2.24. The van der Waals surface area contributed by atoms with E-state index >= 15 is 0 Å². The van der Waals surface area contributed by atoms with Gasteiger partial charge in [0.15, 0.2) is 17.7 Å². The number of carbonyl (C=O) groups is 1. The first kappa shape index (κ1) is 14.6. The number of nitrogens with one attached hydrogen (secondary N) is 1. The minimum atomic E-state index is -0.566. The summed E-state index contributed by atoms with van der Waals surface area (Å²) in [5.41, 5.74) is 6.61. The highest BCUT2D eigenvalue weighted by Crippen LogP contribution is 2.21. The van der Waals surface area contributed by atoms with Gasteiger partial charge in [-0.3, -0.25) is 4.79 Å². The fourth-order valence-electron chi connectivity index (χ4n) is 2.47. The third kappa shape index (κ3) is 3.85. The van der Waals surface area contributed by atoms with Gasteiger partial charge in [0.2, 0.25) is 0 Å². The van der Waals surface area contributed by atoms with Crippen molar-refractivity contribution >= 4 is 11.7 Å². The zero-order valence-corrected chi connectivity index (χ0v) is 12.2. The number of hydrogen-bond acceptors (Lipinski definition) is 4. The van der Waals surface area contributed by atoms with Crippen LogP contribution in [0.2, 0.25) is 0 Å². The summed E-state index contributed by atoms with van der Waals surface area (Å²) in [7, 11) is 0. The molecule has 2 rings (SSSR count). The summed E-state index contributed by atoms with van der Waals surface area (Å²) >= 11 is 0. The van der Waals surface area contributed by atoms with Crippen LogP contribution in [0, 0.1) is 6.92 Å². The Morgan fingerprint density at radius 2 is 2.10 bits per heavy atom. The Balaban J connectivity index is 1.89. The molecule has 3 N–H and O–H groups in total. The molecule has 5 heteroatoms. The van der Waals surface area contributed by atoms with E-state index in [1.807, 2.05) is 13.0 Å². The molecule has 0 saturated heterocycles. The van der Waals surface area contributed by atoms with Gasteiger partial charge in [0, 0.05) is 11.7 Å². The molecule has 1 unspecified atom stereocenters. The highest BCUT2D eigenvalue weighted by Gasteiger charge is 2.21. The number of aryl methyl sites for hydroxylation is 1. The smallest absolute Gasteiger partial charge is 0.260 e. The molecule has 1 fully saturated rings. The molecule has 110 valence electrons. The van der Waals surface area contributed by atoms with Crippen LogP contribution >= 0.6 is 0 Å². The first-order valence-corrected chi connectivity index (χ1v) is 7.26. The number of rotatable bonds is 4. The molecule has 1 amide bonds. The predicted molar refractivity (Wildman–Crippen MR) is 78.5 cm³/mol. The van der Waals surface area contributed by atoms with Crippen molar-refractivity contribution in [2.45, 2.75) is 58.1 Å². The van der Waals surface area contributed by atoms with E-state index in [-0.39, 0.29) is 11.9 Å². The quantitative estimate of drug-likeness (QED) is 0.884. The van der Waals surface area contributed by atoms with E-state index in [4.69, 9.17) is 10.5 Å². The lowest BCUT2D eigenvalue weighted by molar-refractivity contribution is -0.128. The van der Waals surface area contributed by atoms with Crippen molar-refractivity contribution in [3.05, 3.63) is 17.8 Å². The largest absolute Gasteiger partial charge is 0.477 e. The van der Waals surface area contributed by atoms with Crippen molar-refractivity contribution in [3.8, 4) is 5.75 Å². The number of nitrogens with two attached hydrogens (primary N) is 1. The average molecular weight is 277 g/mol. The molecule has 1 heterocycles. The predicted octanol–water partition coefficient (Wildman–Crippen LogP) is 2.19. The van der Waals surface area contributed by atoms with E-state index in [1.54, 1.807) is 13.0 Å². The number of pyridine rings is 1. The molecule has 5 nitrogen and oxygen atoms in total. The van der Waals surface area contributed by atoms with Gasteiger partial charge >= 0.3 is 0 Å². The summed E-state index contributed by atoms with van der Waals surface area (Å²) in [6.45, 7) is 3.59. The van der Waals surface area contributed by atoms with Crippen LogP contribution in [-0.4, -0.2) is 23.0 Å². The number of aromatic nitrogens is 1. The van der Waals surface area contributed by atoms with Crippen LogP contribution in [0.3, 0.4) is 0 Å². The van der Waals surface area contributed by atoms with Crippen LogP contribution < -0.4 is 15.8 Å². The molecule has 0 radical (unpaired) electrons. The van der Waals surface area contributed by atoms with Crippen molar-refractivity contribution in [2.75, 3.05) is 5.73 Å². The normalized spacial score (nSPS) is 17.5. The van der Waals surface area contributed by atoms with Crippen LogP contribution in [0.25, 0.3) is 0 Å². The van der Waals surface area contributed by atoms with E-state index < -0.39 is 6.10 Å². The number of nitrogen functional groups attached to an aromatic ring is 1. The summed E-state index contributed by atoms with van der Waals surface area (Å²) in [4.78, 5) is 16.2. The topological polar surface area (TPSA) is 77.2 Å². The van der Waals surface area contributed by atoms with Gasteiger partial charge in [-0.05, 0) is 38.8 Å². The molecule has 1 aliphatic carbocycles. The molecule has 20 heavy (non-hydrogen) atoms. The standard InChI is InChI=1S/C15H23N3O2/c1-10-8-9-13(14(16)17-10)20-11(2)15(19)18-12-6-4-3-5-7-12/h8-9,11-12H,3-7H2,1-2H3,(H2,16,17)(H,18,19). The van der Waals surface area contributed by atoms with E-state index in [0.717, 1.165) is 18.5 Å². The Labute approximate surface area is 119 Å². The highest BCUT2D eigenvalue weighted by atomic mass is 16.5. The number of amides is 1. The average Bonchev–Trinajstić information content (AvgIpc) is 2.43. The highest BCUT2D eigenvalue weighted by molar-refractivity contribution is 5.81. The van der Waals surface area contributed by atoms with E-state index in [9.17, 15) is 4.79 Å². The molecule has 1 saturated carbocycles. The van der Waals surface area contributed by atoms with E-state index in [2.05, 4.69) is 10.3 Å². The first-order valence-electron chi connectivity index (χ1n) is 7.26. The van der Waals surface area contributed by atoms with Crippen molar-refractivity contribution in [1.29, 1.82) is 0 Å². The molecule has 1 atom stereocenters. The van der Waals surface area contributed by atoms with Crippen LogP contribution in [0.4, 0.5) is 5.82 Å². The van der Waals surface area contributed by atoms with Gasteiger partial charge in [-0.25, -0.2) is 4.98 Å². The molecular formula is C15H23N3O2. The second-order valence-electron chi connectivity index (χ2n) is 5.44. The number of ether oxygens (including phenoxy) is 1. The summed E-state index contributed by atoms with van der Waals surface area (Å²) in [5.74, 6) is 0.695. The fraction of sp³-hybridized carbons (Fsp3) is 0.600. The molecule has 1 aromatic heterocycles. The number of nitrogens with zero attached hydrogens (tertiary/aromatic N) is 1. The molecular weight excluding hydrogens is 254 g/mol. The molecule has 0 aliphatic heterocycles. The van der Waals surface area contributed by atoms with Gasteiger partial charge in [-0.2, -0.15) is 0 Å². The molecule has 0 bridgehead atoms. The summed E-state index contributed by atoms with van der Waals surface area (Å²) < 4.78 is 5.60. The monoisotopic (exact) mass is 277 g/mol. The Kier molecular flexibility index (Phi) is 4.82. The van der Waals surface area contributed by atoms with Crippen molar-refractivity contribution in [1.82, 2.24) is 10.3 Å². The molecule has 1 aromatic rings.